The molecule has 0 aromatic rings. The number of amides is 1. The second-order valence-electron chi connectivity index (χ2n) is 8.14. The molecule has 1 spiro atoms. The van der Waals surface area contributed by atoms with E-state index in [1.807, 2.05) is 4.90 Å². The predicted octanol–water partition coefficient (Wildman–Crippen LogP) is 1.32. The van der Waals surface area contributed by atoms with Crippen LogP contribution in [0.2, 0.25) is 0 Å². The summed E-state index contributed by atoms with van der Waals surface area (Å²) in [6.45, 7) is 10.2. The highest BCUT2D eigenvalue weighted by Gasteiger charge is 2.43. The van der Waals surface area contributed by atoms with Crippen LogP contribution in [0.3, 0.4) is 0 Å². The number of piperazine rings is 1. The monoisotopic (exact) mass is 348 g/mol. The van der Waals surface area contributed by atoms with Crippen LogP contribution in [0.5, 0.6) is 0 Å². The van der Waals surface area contributed by atoms with Gasteiger partial charge in [-0.3, -0.25) is 14.6 Å². The normalized spacial score (nSPS) is 26.1. The maximum atomic E-state index is 12.8. The van der Waals surface area contributed by atoms with Crippen LogP contribution in [0.1, 0.15) is 39.5 Å². The predicted molar refractivity (Wildman–Crippen MR) is 96.0 cm³/mol. The summed E-state index contributed by atoms with van der Waals surface area (Å²) in [5.41, 5.74) is 0.110. The Kier molecular flexibility index (Phi) is 5.98. The lowest BCUT2D eigenvalue weighted by molar-refractivity contribution is -0.140. The van der Waals surface area contributed by atoms with Gasteiger partial charge in [-0.2, -0.15) is 5.26 Å². The van der Waals surface area contributed by atoms with Gasteiger partial charge < -0.3 is 9.64 Å². The third-order valence-corrected chi connectivity index (χ3v) is 6.23. The SMILES string of the molecule is CC(C)[C@@H](C#N)N1CCN(C(=O)CN2CCOCC23CCCC3)CC1. The molecule has 1 amide bonds. The molecule has 0 radical (unpaired) electrons. The van der Waals surface area contributed by atoms with Crippen LogP contribution in [0.15, 0.2) is 0 Å². The summed E-state index contributed by atoms with van der Waals surface area (Å²) in [6, 6.07) is 2.37. The second-order valence-corrected chi connectivity index (χ2v) is 8.14. The molecule has 2 heterocycles. The van der Waals surface area contributed by atoms with E-state index in [-0.39, 0.29) is 17.5 Å². The van der Waals surface area contributed by atoms with E-state index >= 15 is 0 Å². The van der Waals surface area contributed by atoms with Crippen molar-refractivity contribution in [3.63, 3.8) is 0 Å². The van der Waals surface area contributed by atoms with Crippen LogP contribution >= 0.6 is 0 Å². The van der Waals surface area contributed by atoms with Crippen LogP contribution in [0.25, 0.3) is 0 Å². The summed E-state index contributed by atoms with van der Waals surface area (Å²) in [6.07, 6.45) is 4.81. The Morgan fingerprint density at radius 3 is 2.44 bits per heavy atom. The molecule has 0 aromatic heterocycles. The Labute approximate surface area is 151 Å². The molecule has 3 fully saturated rings. The number of morpholine rings is 1. The van der Waals surface area contributed by atoms with Crippen molar-refractivity contribution in [1.29, 1.82) is 5.26 Å². The van der Waals surface area contributed by atoms with Gasteiger partial charge in [0, 0.05) is 38.3 Å². The molecule has 0 aromatic carbocycles. The molecule has 3 aliphatic rings. The van der Waals surface area contributed by atoms with Crippen molar-refractivity contribution in [2.24, 2.45) is 5.92 Å². The largest absolute Gasteiger partial charge is 0.378 e. The molecule has 2 saturated heterocycles. The molecular weight excluding hydrogens is 316 g/mol. The minimum atomic E-state index is -0.0433. The van der Waals surface area contributed by atoms with Gasteiger partial charge in [-0.15, -0.1) is 0 Å². The highest BCUT2D eigenvalue weighted by molar-refractivity contribution is 5.78. The van der Waals surface area contributed by atoms with Gasteiger partial charge in [0.1, 0.15) is 6.04 Å². The standard InChI is InChI=1S/C19H32N4O2/c1-16(2)17(13-20)21-7-9-22(10-8-21)18(24)14-23-11-12-25-15-19(23)5-3-4-6-19/h16-17H,3-12,14-15H2,1-2H3/t17-/m1/s1. The molecule has 6 nitrogen and oxygen atoms in total. The molecule has 1 atom stereocenters. The number of hydrogen-bond donors (Lipinski definition) is 0. The molecule has 3 rings (SSSR count). The number of rotatable bonds is 4. The van der Waals surface area contributed by atoms with Crippen LogP contribution in [-0.2, 0) is 9.53 Å². The third kappa shape index (κ3) is 3.99. The van der Waals surface area contributed by atoms with Gasteiger partial charge >= 0.3 is 0 Å². The molecule has 25 heavy (non-hydrogen) atoms. The van der Waals surface area contributed by atoms with Crippen LogP contribution < -0.4 is 0 Å². The quantitative estimate of drug-likeness (QED) is 0.767. The molecule has 140 valence electrons. The Balaban J connectivity index is 1.53. The van der Waals surface area contributed by atoms with Crippen molar-refractivity contribution in [1.82, 2.24) is 14.7 Å². The lowest BCUT2D eigenvalue weighted by Crippen LogP contribution is -2.59. The fourth-order valence-electron chi connectivity index (χ4n) is 4.67. The Bertz CT molecular complexity index is 502. The second kappa shape index (κ2) is 8.03. The van der Waals surface area contributed by atoms with Crippen LogP contribution in [0.4, 0.5) is 0 Å². The maximum absolute atomic E-state index is 12.8. The van der Waals surface area contributed by atoms with Gasteiger partial charge in [0.15, 0.2) is 0 Å². The molecule has 0 unspecified atom stereocenters. The van der Waals surface area contributed by atoms with E-state index < -0.39 is 0 Å². The van der Waals surface area contributed by atoms with Crippen LogP contribution in [0, 0.1) is 17.2 Å². The first kappa shape index (κ1) is 18.6. The lowest BCUT2D eigenvalue weighted by atomic mass is 9.94. The zero-order valence-electron chi connectivity index (χ0n) is 15.7. The molecule has 1 aliphatic carbocycles. The summed E-state index contributed by atoms with van der Waals surface area (Å²) in [5, 5.41) is 9.37. The molecule has 0 N–H and O–H groups in total. The van der Waals surface area contributed by atoms with Crippen molar-refractivity contribution in [2.75, 3.05) is 52.5 Å². The Morgan fingerprint density at radius 1 is 1.16 bits per heavy atom. The highest BCUT2D eigenvalue weighted by atomic mass is 16.5. The van der Waals surface area contributed by atoms with Gasteiger partial charge in [0.25, 0.3) is 0 Å². The van der Waals surface area contributed by atoms with Crippen molar-refractivity contribution in [3.05, 3.63) is 0 Å². The van der Waals surface area contributed by atoms with Crippen molar-refractivity contribution in [2.45, 2.75) is 51.1 Å². The van der Waals surface area contributed by atoms with Gasteiger partial charge in [0.2, 0.25) is 5.91 Å². The van der Waals surface area contributed by atoms with E-state index in [1.165, 1.54) is 12.8 Å². The third-order valence-electron chi connectivity index (χ3n) is 6.23. The number of hydrogen-bond acceptors (Lipinski definition) is 5. The fourth-order valence-corrected chi connectivity index (χ4v) is 4.67. The minimum Gasteiger partial charge on any atom is -0.378 e. The van der Waals surface area contributed by atoms with Gasteiger partial charge in [-0.05, 0) is 18.8 Å². The maximum Gasteiger partial charge on any atom is 0.236 e. The number of carbonyl (C=O) groups is 1. The van der Waals surface area contributed by atoms with E-state index in [0.29, 0.717) is 12.5 Å². The number of nitriles is 1. The van der Waals surface area contributed by atoms with Gasteiger partial charge in [-0.1, -0.05) is 26.7 Å². The molecular formula is C19H32N4O2. The Morgan fingerprint density at radius 2 is 1.84 bits per heavy atom. The van der Waals surface area contributed by atoms with Crippen molar-refractivity contribution in [3.8, 4) is 6.07 Å². The molecule has 1 saturated carbocycles. The highest BCUT2D eigenvalue weighted by Crippen LogP contribution is 2.37. The van der Waals surface area contributed by atoms with E-state index in [2.05, 4.69) is 29.7 Å². The Hall–Kier alpha value is -1.16. The number of carbonyl (C=O) groups excluding carboxylic acids is 1. The molecule has 0 bridgehead atoms. The summed E-state index contributed by atoms with van der Waals surface area (Å²) < 4.78 is 5.74. The topological polar surface area (TPSA) is 59.8 Å². The summed E-state index contributed by atoms with van der Waals surface area (Å²) in [4.78, 5) is 19.5. The van der Waals surface area contributed by atoms with Crippen molar-refractivity contribution >= 4 is 5.91 Å². The first-order valence-electron chi connectivity index (χ1n) is 9.80. The summed E-state index contributed by atoms with van der Waals surface area (Å²) in [7, 11) is 0. The number of ether oxygens (including phenoxy) is 1. The zero-order valence-corrected chi connectivity index (χ0v) is 15.7. The smallest absolute Gasteiger partial charge is 0.236 e. The van der Waals surface area contributed by atoms with E-state index in [4.69, 9.17) is 4.74 Å². The van der Waals surface area contributed by atoms with E-state index in [0.717, 1.165) is 58.8 Å². The van der Waals surface area contributed by atoms with E-state index in [1.54, 1.807) is 0 Å². The average molecular weight is 348 g/mol. The first-order valence-corrected chi connectivity index (χ1v) is 9.80. The minimum absolute atomic E-state index is 0.0433. The van der Waals surface area contributed by atoms with Gasteiger partial charge in [-0.25, -0.2) is 0 Å². The number of nitrogens with zero attached hydrogens (tertiary/aromatic N) is 4. The lowest BCUT2D eigenvalue weighted by Gasteiger charge is -2.45. The summed E-state index contributed by atoms with van der Waals surface area (Å²) >= 11 is 0. The molecule has 6 heteroatoms. The fraction of sp³-hybridized carbons (Fsp3) is 0.895. The van der Waals surface area contributed by atoms with E-state index in [9.17, 15) is 10.1 Å². The molecule has 2 aliphatic heterocycles. The first-order chi connectivity index (χ1) is 12.1. The van der Waals surface area contributed by atoms with Crippen molar-refractivity contribution < 1.29 is 9.53 Å². The van der Waals surface area contributed by atoms with Crippen LogP contribution in [-0.4, -0.2) is 84.7 Å². The summed E-state index contributed by atoms with van der Waals surface area (Å²) in [5.74, 6) is 0.564. The van der Waals surface area contributed by atoms with Gasteiger partial charge in [0.05, 0.1) is 25.8 Å². The zero-order chi connectivity index (χ0) is 17.9. The average Bonchev–Trinajstić information content (AvgIpc) is 3.07.